The Bertz CT molecular complexity index is 1300. The molecule has 1 fully saturated rings. The highest BCUT2D eigenvalue weighted by Crippen LogP contribution is 2.50. The highest BCUT2D eigenvalue weighted by molar-refractivity contribution is 5.94. The summed E-state index contributed by atoms with van der Waals surface area (Å²) in [5.74, 6) is -5.27. The average molecular weight is 511 g/mol. The number of anilines is 2. The summed E-state index contributed by atoms with van der Waals surface area (Å²) in [4.78, 5) is 31.8. The molecule has 1 saturated carbocycles. The van der Waals surface area contributed by atoms with Gasteiger partial charge in [0.25, 0.3) is 0 Å². The molecule has 190 valence electrons. The lowest BCUT2D eigenvalue weighted by Crippen LogP contribution is -2.20. The lowest BCUT2D eigenvalue weighted by atomic mass is 10.2. The van der Waals surface area contributed by atoms with E-state index >= 15 is 0 Å². The van der Waals surface area contributed by atoms with Crippen LogP contribution in [-0.4, -0.2) is 43.1 Å². The second-order valence-corrected chi connectivity index (χ2v) is 8.03. The van der Waals surface area contributed by atoms with E-state index in [0.29, 0.717) is 6.20 Å². The first-order valence-corrected chi connectivity index (χ1v) is 10.5. The number of nitrogens with one attached hydrogen (secondary N) is 2. The van der Waals surface area contributed by atoms with E-state index in [1.807, 2.05) is 0 Å². The molecule has 2 N–H and O–H groups in total. The quantitative estimate of drug-likeness (QED) is 0.379. The van der Waals surface area contributed by atoms with Crippen LogP contribution in [0.1, 0.15) is 25.0 Å². The van der Waals surface area contributed by atoms with Crippen molar-refractivity contribution in [2.24, 2.45) is 18.9 Å². The molecule has 0 saturated heterocycles. The Hall–Kier alpha value is -4.17. The lowest BCUT2D eigenvalue weighted by Gasteiger charge is -2.15. The SMILES string of the molecule is C[C@@H](OC(=O)Nc1c(-c2ccc(NC(=O)C3CC3C(F)(F)F)cn2)nnn1C)c1cc(F)cnc1F. The Morgan fingerprint density at radius 3 is 2.56 bits per heavy atom. The normalized spacial score (nSPS) is 17.9. The minimum absolute atomic E-state index is 0.0559. The van der Waals surface area contributed by atoms with Crippen molar-refractivity contribution in [1.82, 2.24) is 25.0 Å². The first-order chi connectivity index (χ1) is 16.9. The van der Waals surface area contributed by atoms with Crippen LogP contribution in [0.3, 0.4) is 0 Å². The Kier molecular flexibility index (Phi) is 6.56. The maximum Gasteiger partial charge on any atom is 0.413 e. The van der Waals surface area contributed by atoms with E-state index in [2.05, 4.69) is 30.9 Å². The molecule has 3 atom stereocenters. The summed E-state index contributed by atoms with van der Waals surface area (Å²) in [6.07, 6.45) is -4.97. The number of nitrogens with zero attached hydrogens (tertiary/aromatic N) is 5. The van der Waals surface area contributed by atoms with Crippen molar-refractivity contribution in [1.29, 1.82) is 0 Å². The first kappa shape index (κ1) is 24.9. The Labute approximate surface area is 199 Å². The van der Waals surface area contributed by atoms with Crippen molar-refractivity contribution in [3.05, 3.63) is 47.9 Å². The molecule has 15 heteroatoms. The maximum atomic E-state index is 13.8. The molecule has 10 nitrogen and oxygen atoms in total. The van der Waals surface area contributed by atoms with Gasteiger partial charge in [-0.2, -0.15) is 17.6 Å². The third-order valence-corrected chi connectivity index (χ3v) is 5.42. The number of hydrogen-bond acceptors (Lipinski definition) is 7. The summed E-state index contributed by atoms with van der Waals surface area (Å²) in [5.41, 5.74) is 0.233. The second-order valence-electron chi connectivity index (χ2n) is 8.03. The molecule has 3 aromatic heterocycles. The van der Waals surface area contributed by atoms with Crippen LogP contribution < -0.4 is 10.6 Å². The maximum absolute atomic E-state index is 13.8. The molecule has 0 aromatic carbocycles. The van der Waals surface area contributed by atoms with Crippen molar-refractivity contribution in [3.63, 3.8) is 0 Å². The summed E-state index contributed by atoms with van der Waals surface area (Å²) in [6.45, 7) is 1.33. The molecule has 2 amide bonds. The van der Waals surface area contributed by atoms with Crippen LogP contribution in [0.25, 0.3) is 11.4 Å². The van der Waals surface area contributed by atoms with E-state index in [-0.39, 0.29) is 34.9 Å². The number of aryl methyl sites for hydroxylation is 1. The van der Waals surface area contributed by atoms with Gasteiger partial charge in [-0.05, 0) is 31.5 Å². The van der Waals surface area contributed by atoms with Gasteiger partial charge in [-0.1, -0.05) is 5.21 Å². The largest absolute Gasteiger partial charge is 0.441 e. The molecule has 3 aromatic rings. The number of amides is 2. The van der Waals surface area contributed by atoms with Crippen LogP contribution in [0.15, 0.2) is 30.6 Å². The molecule has 4 rings (SSSR count). The summed E-state index contributed by atoms with van der Waals surface area (Å²) in [5, 5.41) is 12.5. The lowest BCUT2D eigenvalue weighted by molar-refractivity contribution is -0.153. The van der Waals surface area contributed by atoms with Crippen LogP contribution >= 0.6 is 0 Å². The number of aromatic nitrogens is 5. The van der Waals surface area contributed by atoms with Gasteiger partial charge in [-0.15, -0.1) is 5.10 Å². The van der Waals surface area contributed by atoms with Crippen LogP contribution in [-0.2, 0) is 16.6 Å². The van der Waals surface area contributed by atoms with E-state index in [9.17, 15) is 31.5 Å². The molecule has 1 aliphatic carbocycles. The van der Waals surface area contributed by atoms with Gasteiger partial charge < -0.3 is 10.1 Å². The molecule has 0 spiro atoms. The van der Waals surface area contributed by atoms with E-state index < -0.39 is 47.9 Å². The van der Waals surface area contributed by atoms with Crippen LogP contribution in [0, 0.1) is 23.6 Å². The van der Waals surface area contributed by atoms with Crippen molar-refractivity contribution < 1.29 is 36.3 Å². The predicted octanol–water partition coefficient (Wildman–Crippen LogP) is 4.00. The predicted molar refractivity (Wildman–Crippen MR) is 113 cm³/mol. The van der Waals surface area contributed by atoms with Gasteiger partial charge in [0.15, 0.2) is 11.5 Å². The third-order valence-electron chi connectivity index (χ3n) is 5.42. The van der Waals surface area contributed by atoms with Crippen molar-refractivity contribution >= 4 is 23.5 Å². The number of alkyl halides is 3. The fourth-order valence-electron chi connectivity index (χ4n) is 3.43. The van der Waals surface area contributed by atoms with Gasteiger partial charge >= 0.3 is 12.3 Å². The number of ether oxygens (including phenoxy) is 1. The Morgan fingerprint density at radius 1 is 1.17 bits per heavy atom. The van der Waals surface area contributed by atoms with E-state index in [0.717, 1.165) is 6.07 Å². The summed E-state index contributed by atoms with van der Waals surface area (Å²) in [7, 11) is 1.47. The molecule has 0 bridgehead atoms. The molecule has 0 aliphatic heterocycles. The van der Waals surface area contributed by atoms with Crippen molar-refractivity contribution in [3.8, 4) is 11.4 Å². The minimum atomic E-state index is -4.42. The van der Waals surface area contributed by atoms with Crippen LogP contribution in [0.5, 0.6) is 0 Å². The van der Waals surface area contributed by atoms with Crippen LogP contribution in [0.2, 0.25) is 0 Å². The van der Waals surface area contributed by atoms with Gasteiger partial charge in [0.2, 0.25) is 11.9 Å². The second kappa shape index (κ2) is 9.47. The third kappa shape index (κ3) is 5.39. The number of carbonyl (C=O) groups is 2. The van der Waals surface area contributed by atoms with E-state index in [4.69, 9.17) is 4.74 Å². The highest BCUT2D eigenvalue weighted by Gasteiger charge is 2.58. The fourth-order valence-corrected chi connectivity index (χ4v) is 3.43. The Morgan fingerprint density at radius 2 is 1.92 bits per heavy atom. The van der Waals surface area contributed by atoms with Crippen molar-refractivity contribution in [2.75, 3.05) is 10.6 Å². The first-order valence-electron chi connectivity index (χ1n) is 10.5. The van der Waals surface area contributed by atoms with Gasteiger partial charge in [-0.3, -0.25) is 15.1 Å². The summed E-state index contributed by atoms with van der Waals surface area (Å²) < 4.78 is 71.5. The zero-order valence-corrected chi connectivity index (χ0v) is 18.7. The summed E-state index contributed by atoms with van der Waals surface area (Å²) >= 11 is 0. The van der Waals surface area contributed by atoms with Gasteiger partial charge in [0.1, 0.15) is 11.9 Å². The van der Waals surface area contributed by atoms with E-state index in [1.54, 1.807) is 0 Å². The summed E-state index contributed by atoms with van der Waals surface area (Å²) in [6, 6.07) is 3.68. The zero-order chi connectivity index (χ0) is 26.2. The molecule has 0 radical (unpaired) electrons. The van der Waals surface area contributed by atoms with Gasteiger partial charge in [0.05, 0.1) is 41.2 Å². The standard InChI is InChI=1S/C21H18F5N7O3/c1-9(12-5-10(22)7-28-17(12)23)36-20(35)30-18-16(31-32-33(18)2)15-4-3-11(8-27-15)29-19(34)13-6-14(13)21(24,25)26/h3-5,7-9,13-14H,6H2,1-2H3,(H,29,34)(H,30,35)/t9-,13?,14?/m1/s1. The number of carbonyl (C=O) groups excluding carboxylic acids is 2. The smallest absolute Gasteiger partial charge is 0.413 e. The molecule has 3 heterocycles. The number of halogens is 5. The molecule has 36 heavy (non-hydrogen) atoms. The highest BCUT2D eigenvalue weighted by atomic mass is 19.4. The Balaban J connectivity index is 1.42. The molecular formula is C21H18F5N7O3. The number of rotatable bonds is 6. The fraction of sp³-hybridized carbons (Fsp3) is 0.333. The monoisotopic (exact) mass is 511 g/mol. The van der Waals surface area contributed by atoms with Crippen LogP contribution in [0.4, 0.5) is 38.3 Å². The molecule has 1 aliphatic rings. The minimum Gasteiger partial charge on any atom is -0.441 e. The van der Waals surface area contributed by atoms with Gasteiger partial charge in [0, 0.05) is 7.05 Å². The molecular weight excluding hydrogens is 493 g/mol. The van der Waals surface area contributed by atoms with Crippen molar-refractivity contribution in [2.45, 2.75) is 25.6 Å². The number of pyridine rings is 2. The van der Waals surface area contributed by atoms with Gasteiger partial charge in [-0.25, -0.2) is 18.9 Å². The molecule has 2 unspecified atom stereocenters. The zero-order valence-electron chi connectivity index (χ0n) is 18.7. The average Bonchev–Trinajstić information content (AvgIpc) is 3.56. The number of hydrogen-bond donors (Lipinski definition) is 2. The van der Waals surface area contributed by atoms with E-state index in [1.165, 1.54) is 37.0 Å². The topological polar surface area (TPSA) is 124 Å².